The maximum absolute atomic E-state index is 13.2. The average Bonchev–Trinajstić information content (AvgIpc) is 3.41. The minimum absolute atomic E-state index is 0.162. The quantitative estimate of drug-likeness (QED) is 0.623. The smallest absolute Gasteiger partial charge is 0.290 e. The molecule has 0 spiro atoms. The second-order valence-corrected chi connectivity index (χ2v) is 8.82. The van der Waals surface area contributed by atoms with Gasteiger partial charge in [-0.15, -0.1) is 11.3 Å². The number of amides is 1. The Morgan fingerprint density at radius 3 is 2.52 bits per heavy atom. The maximum Gasteiger partial charge on any atom is 0.290 e. The summed E-state index contributed by atoms with van der Waals surface area (Å²) in [5.41, 5.74) is 0.953. The lowest BCUT2D eigenvalue weighted by Gasteiger charge is -2.31. The van der Waals surface area contributed by atoms with Gasteiger partial charge in [-0.05, 0) is 62.0 Å². The largest absolute Gasteiger partial charge is 0.503 e. The third-order valence-corrected chi connectivity index (χ3v) is 6.77. The van der Waals surface area contributed by atoms with Gasteiger partial charge in [0.1, 0.15) is 5.75 Å². The van der Waals surface area contributed by atoms with Crippen LogP contribution in [0.2, 0.25) is 0 Å². The van der Waals surface area contributed by atoms with E-state index in [-0.39, 0.29) is 11.4 Å². The third kappa shape index (κ3) is 4.52. The number of hydrogen-bond donors (Lipinski definition) is 1. The number of Topliss-reactive ketones (excluding diaryl/α,β-unsaturated/α-hetero) is 1. The van der Waals surface area contributed by atoms with Crippen molar-refractivity contribution in [3.8, 4) is 5.75 Å². The molecule has 1 atom stereocenters. The van der Waals surface area contributed by atoms with Crippen LogP contribution in [-0.2, 0) is 4.79 Å². The minimum Gasteiger partial charge on any atom is -0.503 e. The second-order valence-electron chi connectivity index (χ2n) is 7.87. The third-order valence-electron chi connectivity index (χ3n) is 5.91. The van der Waals surface area contributed by atoms with Gasteiger partial charge >= 0.3 is 0 Å². The summed E-state index contributed by atoms with van der Waals surface area (Å²) in [5, 5.41) is 12.6. The zero-order valence-corrected chi connectivity index (χ0v) is 18.6. The Kier molecular flexibility index (Phi) is 6.73. The fourth-order valence-corrected chi connectivity index (χ4v) is 5.03. The number of aliphatic hydroxyl groups is 1. The molecule has 1 unspecified atom stereocenters. The first kappa shape index (κ1) is 21.6. The summed E-state index contributed by atoms with van der Waals surface area (Å²) in [7, 11) is 0. The van der Waals surface area contributed by atoms with Gasteiger partial charge in [-0.3, -0.25) is 9.59 Å². The number of carbonyl (C=O) groups excluding carboxylic acids is 2. The van der Waals surface area contributed by atoms with Crippen LogP contribution in [0.5, 0.6) is 5.75 Å². The first-order chi connectivity index (χ1) is 15.1. The summed E-state index contributed by atoms with van der Waals surface area (Å²) >= 11 is 1.31. The van der Waals surface area contributed by atoms with Crippen molar-refractivity contribution in [3.63, 3.8) is 0 Å². The van der Waals surface area contributed by atoms with E-state index in [0.29, 0.717) is 18.0 Å². The van der Waals surface area contributed by atoms with Crippen LogP contribution in [-0.4, -0.2) is 59.4 Å². The molecular formula is C24H28N2O4S. The molecule has 1 fully saturated rings. The molecule has 1 aromatic heterocycles. The Morgan fingerprint density at radius 1 is 1.13 bits per heavy atom. The van der Waals surface area contributed by atoms with Crippen LogP contribution < -0.4 is 4.74 Å². The monoisotopic (exact) mass is 440 g/mol. The van der Waals surface area contributed by atoms with Gasteiger partial charge < -0.3 is 19.6 Å². The van der Waals surface area contributed by atoms with Gasteiger partial charge in [-0.1, -0.05) is 24.6 Å². The topological polar surface area (TPSA) is 70.1 Å². The van der Waals surface area contributed by atoms with E-state index in [4.69, 9.17) is 4.74 Å². The van der Waals surface area contributed by atoms with E-state index in [0.717, 1.165) is 30.9 Å². The Morgan fingerprint density at radius 2 is 1.87 bits per heavy atom. The number of thiophene rings is 1. The molecule has 1 amide bonds. The highest BCUT2D eigenvalue weighted by Gasteiger charge is 2.43. The fraction of sp³-hybridized carbons (Fsp3) is 0.417. The Balaban J connectivity index is 1.65. The van der Waals surface area contributed by atoms with E-state index in [1.807, 2.05) is 36.6 Å². The van der Waals surface area contributed by atoms with Gasteiger partial charge in [0.2, 0.25) is 5.78 Å². The van der Waals surface area contributed by atoms with Crippen LogP contribution in [0.25, 0.3) is 0 Å². The molecule has 3 heterocycles. The van der Waals surface area contributed by atoms with Crippen LogP contribution in [0, 0.1) is 0 Å². The standard InChI is InChI=1S/C24H28N2O4S/c1-2-30-18-10-8-17(9-11-18)21-20(22(27)19-7-6-16-31-19)23(28)24(29)26(21)15-14-25-12-4-3-5-13-25/h6-11,16,21,28H,2-5,12-15H2,1H3. The number of hydrogen-bond acceptors (Lipinski definition) is 6. The summed E-state index contributed by atoms with van der Waals surface area (Å²) in [6.07, 6.45) is 3.58. The number of likely N-dealkylation sites (tertiary alicyclic amines) is 1. The predicted molar refractivity (Wildman–Crippen MR) is 121 cm³/mol. The van der Waals surface area contributed by atoms with Gasteiger partial charge in [0.05, 0.1) is 23.1 Å². The molecule has 0 aliphatic carbocycles. The summed E-state index contributed by atoms with van der Waals surface area (Å²) < 4.78 is 5.54. The van der Waals surface area contributed by atoms with Crippen molar-refractivity contribution < 1.29 is 19.4 Å². The van der Waals surface area contributed by atoms with Crippen molar-refractivity contribution >= 4 is 23.0 Å². The molecule has 0 radical (unpaired) electrons. The molecule has 164 valence electrons. The molecular weight excluding hydrogens is 412 g/mol. The molecule has 6 nitrogen and oxygen atoms in total. The van der Waals surface area contributed by atoms with Gasteiger partial charge in [0, 0.05) is 13.1 Å². The highest BCUT2D eigenvalue weighted by Crippen LogP contribution is 2.39. The summed E-state index contributed by atoms with van der Waals surface area (Å²) in [6.45, 7) is 5.72. The van der Waals surface area contributed by atoms with Crippen LogP contribution in [0.4, 0.5) is 0 Å². The first-order valence-corrected chi connectivity index (χ1v) is 11.8. The lowest BCUT2D eigenvalue weighted by atomic mass is 9.95. The van der Waals surface area contributed by atoms with Crippen molar-refractivity contribution in [3.05, 3.63) is 63.6 Å². The number of aliphatic hydroxyl groups excluding tert-OH is 1. The van der Waals surface area contributed by atoms with E-state index < -0.39 is 17.7 Å². The molecule has 1 saturated heterocycles. The van der Waals surface area contributed by atoms with Crippen molar-refractivity contribution in [2.45, 2.75) is 32.2 Å². The number of benzene rings is 1. The highest BCUT2D eigenvalue weighted by molar-refractivity contribution is 7.12. The normalized spacial score (nSPS) is 19.8. The Hall–Kier alpha value is -2.64. The molecule has 0 bridgehead atoms. The van der Waals surface area contributed by atoms with E-state index >= 15 is 0 Å². The highest BCUT2D eigenvalue weighted by atomic mass is 32.1. The second kappa shape index (κ2) is 9.66. The molecule has 2 aliphatic heterocycles. The number of nitrogens with zero attached hydrogens (tertiary/aromatic N) is 2. The molecule has 7 heteroatoms. The zero-order valence-electron chi connectivity index (χ0n) is 17.8. The number of rotatable bonds is 8. The summed E-state index contributed by atoms with van der Waals surface area (Å²) in [4.78, 5) is 30.8. The van der Waals surface area contributed by atoms with Crippen LogP contribution in [0.15, 0.2) is 53.1 Å². The Labute approximate surface area is 186 Å². The minimum atomic E-state index is -0.609. The zero-order chi connectivity index (χ0) is 21.8. The van der Waals surface area contributed by atoms with Crippen molar-refractivity contribution in [1.29, 1.82) is 0 Å². The van der Waals surface area contributed by atoms with Gasteiger partial charge in [-0.2, -0.15) is 0 Å². The number of ether oxygens (including phenoxy) is 1. The van der Waals surface area contributed by atoms with E-state index in [9.17, 15) is 14.7 Å². The van der Waals surface area contributed by atoms with Crippen LogP contribution >= 0.6 is 11.3 Å². The van der Waals surface area contributed by atoms with Crippen molar-refractivity contribution in [2.75, 3.05) is 32.8 Å². The molecule has 1 aromatic carbocycles. The number of ketones is 1. The molecule has 1 N–H and O–H groups in total. The summed E-state index contributed by atoms with van der Waals surface area (Å²) in [6, 6.07) is 10.3. The lowest BCUT2D eigenvalue weighted by Crippen LogP contribution is -2.40. The number of carbonyl (C=O) groups is 2. The molecule has 2 aromatic rings. The average molecular weight is 441 g/mol. The van der Waals surface area contributed by atoms with E-state index in [1.54, 1.807) is 17.0 Å². The van der Waals surface area contributed by atoms with E-state index in [2.05, 4.69) is 4.90 Å². The number of piperidine rings is 1. The fourth-order valence-electron chi connectivity index (χ4n) is 4.35. The van der Waals surface area contributed by atoms with Crippen molar-refractivity contribution in [2.24, 2.45) is 0 Å². The predicted octanol–water partition coefficient (Wildman–Crippen LogP) is 4.21. The van der Waals surface area contributed by atoms with E-state index in [1.165, 1.54) is 30.6 Å². The Bertz CT molecular complexity index is 946. The van der Waals surface area contributed by atoms with Crippen molar-refractivity contribution in [1.82, 2.24) is 9.80 Å². The van der Waals surface area contributed by atoms with Gasteiger partial charge in [-0.25, -0.2) is 0 Å². The molecule has 31 heavy (non-hydrogen) atoms. The molecule has 4 rings (SSSR count). The first-order valence-electron chi connectivity index (χ1n) is 10.9. The molecule has 0 saturated carbocycles. The molecule has 2 aliphatic rings. The lowest BCUT2D eigenvalue weighted by molar-refractivity contribution is -0.129. The maximum atomic E-state index is 13.2. The summed E-state index contributed by atoms with van der Waals surface area (Å²) in [5.74, 6) is -0.471. The van der Waals surface area contributed by atoms with Crippen LogP contribution in [0.3, 0.4) is 0 Å². The SMILES string of the molecule is CCOc1ccc(C2C(C(=O)c3cccs3)=C(O)C(=O)N2CCN2CCCCC2)cc1. The van der Waals surface area contributed by atoms with Gasteiger partial charge in [0.15, 0.2) is 5.76 Å². The van der Waals surface area contributed by atoms with Crippen LogP contribution in [0.1, 0.15) is 47.5 Å². The van der Waals surface area contributed by atoms with Gasteiger partial charge in [0.25, 0.3) is 5.91 Å².